The number of hydrogen-bond acceptors (Lipinski definition) is 8. The van der Waals surface area contributed by atoms with Crippen molar-refractivity contribution in [2.45, 2.75) is 31.1 Å². The van der Waals surface area contributed by atoms with Crippen molar-refractivity contribution in [3.8, 4) is 0 Å². The molecule has 0 spiro atoms. The molecule has 2 heterocycles. The van der Waals surface area contributed by atoms with Crippen molar-refractivity contribution >= 4 is 38.3 Å². The van der Waals surface area contributed by atoms with Crippen molar-refractivity contribution in [2.75, 3.05) is 37.7 Å². The molecule has 1 fully saturated rings. The quantitative estimate of drug-likeness (QED) is 0.484. The molecule has 12 heteroatoms. The SMILES string of the molecule is CC(C)c1ccc(S(=O)(=O)NCCC(=O)NNC(=O)c2csc(N3CCOCC3)n2)cc1. The van der Waals surface area contributed by atoms with Crippen molar-refractivity contribution in [3.63, 3.8) is 0 Å². The molecule has 1 aromatic carbocycles. The van der Waals surface area contributed by atoms with Crippen LogP contribution in [0.3, 0.4) is 0 Å². The number of aromatic nitrogens is 1. The van der Waals surface area contributed by atoms with E-state index in [1.807, 2.05) is 18.7 Å². The number of benzene rings is 1. The fourth-order valence-electron chi connectivity index (χ4n) is 2.94. The lowest BCUT2D eigenvalue weighted by Gasteiger charge is -2.25. The van der Waals surface area contributed by atoms with E-state index in [9.17, 15) is 18.0 Å². The summed E-state index contributed by atoms with van der Waals surface area (Å²) >= 11 is 1.34. The summed E-state index contributed by atoms with van der Waals surface area (Å²) in [7, 11) is -3.72. The van der Waals surface area contributed by atoms with Crippen LogP contribution in [0, 0.1) is 0 Å². The van der Waals surface area contributed by atoms with Crippen LogP contribution in [0.25, 0.3) is 0 Å². The minimum Gasteiger partial charge on any atom is -0.378 e. The number of anilines is 1. The number of amides is 2. The van der Waals surface area contributed by atoms with Gasteiger partial charge in [-0.3, -0.25) is 20.4 Å². The highest BCUT2D eigenvalue weighted by Gasteiger charge is 2.18. The van der Waals surface area contributed by atoms with Gasteiger partial charge in [-0.25, -0.2) is 18.1 Å². The lowest BCUT2D eigenvalue weighted by atomic mass is 10.0. The fourth-order valence-corrected chi connectivity index (χ4v) is 4.83. The number of thiazole rings is 1. The summed E-state index contributed by atoms with van der Waals surface area (Å²) < 4.78 is 32.4. The summed E-state index contributed by atoms with van der Waals surface area (Å²) in [5.41, 5.74) is 5.80. The van der Waals surface area contributed by atoms with Gasteiger partial charge in [0.25, 0.3) is 5.91 Å². The monoisotopic (exact) mass is 481 g/mol. The molecule has 10 nitrogen and oxygen atoms in total. The van der Waals surface area contributed by atoms with Crippen LogP contribution in [0.15, 0.2) is 34.5 Å². The van der Waals surface area contributed by atoms with E-state index < -0.39 is 21.8 Å². The Labute approximate surface area is 191 Å². The third-order valence-corrected chi connectivity index (χ3v) is 7.20. The molecule has 2 amide bonds. The number of nitrogens with zero attached hydrogens (tertiary/aromatic N) is 2. The van der Waals surface area contributed by atoms with Crippen molar-refractivity contribution in [2.24, 2.45) is 0 Å². The number of sulfonamides is 1. The van der Waals surface area contributed by atoms with Crippen LogP contribution < -0.4 is 20.5 Å². The van der Waals surface area contributed by atoms with E-state index in [1.54, 1.807) is 17.5 Å². The Hall–Kier alpha value is -2.54. The first kappa shape index (κ1) is 24.1. The molecule has 0 unspecified atom stereocenters. The topological polar surface area (TPSA) is 130 Å². The molecule has 1 aromatic heterocycles. The molecule has 3 N–H and O–H groups in total. The second kappa shape index (κ2) is 10.9. The first-order valence-electron chi connectivity index (χ1n) is 10.2. The van der Waals surface area contributed by atoms with Crippen molar-refractivity contribution in [1.29, 1.82) is 0 Å². The van der Waals surface area contributed by atoms with Gasteiger partial charge < -0.3 is 9.64 Å². The summed E-state index contributed by atoms with van der Waals surface area (Å²) in [5.74, 6) is -0.770. The number of carbonyl (C=O) groups is 2. The Bertz CT molecular complexity index is 1030. The van der Waals surface area contributed by atoms with Gasteiger partial charge in [0.05, 0.1) is 18.1 Å². The summed E-state index contributed by atoms with van der Waals surface area (Å²) in [5, 5.41) is 2.34. The second-order valence-corrected chi connectivity index (χ2v) is 10.1. The van der Waals surface area contributed by atoms with Crippen LogP contribution in [0.4, 0.5) is 5.13 Å². The molecule has 0 radical (unpaired) electrons. The van der Waals surface area contributed by atoms with Gasteiger partial charge in [-0.05, 0) is 23.6 Å². The maximum atomic E-state index is 12.3. The van der Waals surface area contributed by atoms with Gasteiger partial charge in [0.15, 0.2) is 5.13 Å². The highest BCUT2D eigenvalue weighted by molar-refractivity contribution is 7.89. The van der Waals surface area contributed by atoms with Gasteiger partial charge in [0, 0.05) is 31.4 Å². The maximum absolute atomic E-state index is 12.3. The van der Waals surface area contributed by atoms with E-state index in [2.05, 4.69) is 20.6 Å². The van der Waals surface area contributed by atoms with E-state index in [0.717, 1.165) is 10.7 Å². The zero-order valence-electron chi connectivity index (χ0n) is 18.0. The van der Waals surface area contributed by atoms with E-state index >= 15 is 0 Å². The molecule has 174 valence electrons. The third-order valence-electron chi connectivity index (χ3n) is 4.82. The maximum Gasteiger partial charge on any atom is 0.289 e. The van der Waals surface area contributed by atoms with Crippen molar-refractivity contribution in [1.82, 2.24) is 20.6 Å². The fraction of sp³-hybridized carbons (Fsp3) is 0.450. The lowest BCUT2D eigenvalue weighted by molar-refractivity contribution is -0.121. The zero-order valence-corrected chi connectivity index (χ0v) is 19.6. The van der Waals surface area contributed by atoms with Crippen LogP contribution in [0.1, 0.15) is 42.2 Å². The van der Waals surface area contributed by atoms with Crippen LogP contribution in [-0.2, 0) is 19.6 Å². The first-order valence-corrected chi connectivity index (χ1v) is 12.6. The average Bonchev–Trinajstić information content (AvgIpc) is 3.28. The van der Waals surface area contributed by atoms with Gasteiger partial charge in [0.2, 0.25) is 15.9 Å². The second-order valence-electron chi connectivity index (χ2n) is 7.49. The van der Waals surface area contributed by atoms with Gasteiger partial charge in [-0.1, -0.05) is 26.0 Å². The number of hydrazine groups is 1. The van der Waals surface area contributed by atoms with Crippen molar-refractivity contribution < 1.29 is 22.7 Å². The molecule has 32 heavy (non-hydrogen) atoms. The Morgan fingerprint density at radius 3 is 2.50 bits per heavy atom. The van der Waals surface area contributed by atoms with E-state index in [1.165, 1.54) is 23.5 Å². The molecule has 0 aliphatic carbocycles. The Balaban J connectivity index is 1.42. The third kappa shape index (κ3) is 6.48. The average molecular weight is 482 g/mol. The van der Waals surface area contributed by atoms with E-state index in [0.29, 0.717) is 32.2 Å². The molecule has 1 saturated heterocycles. The summed E-state index contributed by atoms with van der Waals surface area (Å²) in [6, 6.07) is 6.61. The van der Waals surface area contributed by atoms with E-state index in [-0.39, 0.29) is 23.6 Å². The standard InChI is InChI=1S/C20H27N5O5S2/c1-14(2)15-3-5-16(6-4-15)32(28,29)21-8-7-18(26)23-24-19(27)17-13-31-20(22-17)25-9-11-30-12-10-25/h3-6,13-14,21H,7-12H2,1-2H3,(H,23,26)(H,24,27). The smallest absolute Gasteiger partial charge is 0.289 e. The van der Waals surface area contributed by atoms with Gasteiger partial charge >= 0.3 is 0 Å². The highest BCUT2D eigenvalue weighted by atomic mass is 32.2. The van der Waals surface area contributed by atoms with Crippen LogP contribution >= 0.6 is 11.3 Å². The molecule has 0 saturated carbocycles. The molecule has 2 aromatic rings. The normalized spacial score (nSPS) is 14.4. The molecule has 0 atom stereocenters. The Morgan fingerprint density at radius 1 is 1.16 bits per heavy atom. The molecule has 1 aliphatic rings. The summed E-state index contributed by atoms with van der Waals surface area (Å²) in [6.07, 6.45) is -0.139. The number of nitrogens with one attached hydrogen (secondary N) is 3. The van der Waals surface area contributed by atoms with Gasteiger partial charge in [-0.2, -0.15) is 0 Å². The van der Waals surface area contributed by atoms with Gasteiger partial charge in [-0.15, -0.1) is 11.3 Å². The lowest BCUT2D eigenvalue weighted by Crippen LogP contribution is -2.43. The minimum atomic E-state index is -3.72. The van der Waals surface area contributed by atoms with E-state index in [4.69, 9.17) is 4.74 Å². The molecule has 0 bridgehead atoms. The van der Waals surface area contributed by atoms with Crippen LogP contribution in [-0.4, -0.2) is 58.1 Å². The largest absolute Gasteiger partial charge is 0.378 e. The Morgan fingerprint density at radius 2 is 1.84 bits per heavy atom. The molecular formula is C20H27N5O5S2. The Kier molecular flexibility index (Phi) is 8.18. The summed E-state index contributed by atoms with van der Waals surface area (Å²) in [4.78, 5) is 30.6. The predicted octanol–water partition coefficient (Wildman–Crippen LogP) is 1.23. The number of ether oxygens (including phenoxy) is 1. The highest BCUT2D eigenvalue weighted by Crippen LogP contribution is 2.21. The number of morpholine rings is 1. The molecule has 3 rings (SSSR count). The first-order chi connectivity index (χ1) is 15.3. The minimum absolute atomic E-state index is 0.103. The van der Waals surface area contributed by atoms with Crippen molar-refractivity contribution in [3.05, 3.63) is 40.9 Å². The number of rotatable bonds is 8. The number of carbonyl (C=O) groups excluding carboxylic acids is 2. The predicted molar refractivity (Wildman–Crippen MR) is 121 cm³/mol. The van der Waals surface area contributed by atoms with Crippen LogP contribution in [0.5, 0.6) is 0 Å². The van der Waals surface area contributed by atoms with Gasteiger partial charge in [0.1, 0.15) is 5.69 Å². The molecule has 1 aliphatic heterocycles. The number of hydrogen-bond donors (Lipinski definition) is 3. The summed E-state index contributed by atoms with van der Waals surface area (Å²) in [6.45, 7) is 6.60. The zero-order chi connectivity index (χ0) is 23.1. The molecular weight excluding hydrogens is 454 g/mol. The van der Waals surface area contributed by atoms with Crippen LogP contribution in [0.2, 0.25) is 0 Å².